The number of ketones is 2. The molecule has 5 heterocycles. The lowest BCUT2D eigenvalue weighted by Gasteiger charge is -2.32. The Hall–Kier alpha value is -9.82. The fraction of sp³-hybridized carbons (Fsp3) is 0.270. The summed E-state index contributed by atoms with van der Waals surface area (Å²) in [6, 6.07) is 33.2. The van der Waals surface area contributed by atoms with E-state index in [9.17, 15) is 69.0 Å². The molecule has 11 rings (SSSR count). The van der Waals surface area contributed by atoms with Crippen molar-refractivity contribution in [2.45, 2.75) is 84.1 Å². The fourth-order valence-corrected chi connectivity index (χ4v) is 13.1. The highest BCUT2D eigenvalue weighted by atomic mass is 79.9. The van der Waals surface area contributed by atoms with Gasteiger partial charge in [0, 0.05) is 54.6 Å². The molecule has 3 atom stereocenters. The monoisotopic (exact) mass is 1810 g/mol. The van der Waals surface area contributed by atoms with Crippen LogP contribution in [0.3, 0.4) is 0 Å². The number of esters is 1. The van der Waals surface area contributed by atoms with Crippen LogP contribution in [0.15, 0.2) is 159 Å². The number of benzene rings is 6. The molecule has 0 saturated carbocycles. The van der Waals surface area contributed by atoms with Gasteiger partial charge in [0.15, 0.2) is 22.9 Å². The lowest BCUT2D eigenvalue weighted by atomic mass is 9.79. The maximum absolute atomic E-state index is 15.2. The second kappa shape index (κ2) is 41.0. The lowest BCUT2D eigenvalue weighted by Crippen LogP contribution is -2.41. The first kappa shape index (κ1) is 91.4. The standard InChI is InChI=1S/C26H25F2N5O6S.C16H13BrF2N4O3S.C15H22BNO5.C9H10BrNO3.C8H7BrO2/c1-2-9-40(38,39)33-20-8-7-19(27)21(22(20)28)24(36)23-18-10-16(11-29-25(18)32-31-23)14-3-5-15(6-4-14)26(37)30-12-17(35)13-34;1-2-5-27(25,26)23-11-4-3-10(18)12(13(11)19)15(24)14-9-6-8(17)7-20-16(9)22-21-14;1-14(2)15(3,4)22-16(21-14)11-7-5-10(6-8-11)13(20)17-12(19)9-18;10-7-3-1-6(2-4-7)9(14)11-8(13)5-12;1-11-8(10)6-2-4-7(9)5-3-6/h3-8,10-11,17,33-35H,2,9,12-13H2,1H3,(H,30,37)(H,29,31,32);3-4,6-7,23H,2,5H2,1H3,(H,20,21,22);5-8,12,18-19H,9H2,1-4H3,(H,17,20);1-4,8,12-13H,5H2,(H,11,14);2-5H,1H3. The van der Waals surface area contributed by atoms with E-state index in [1.807, 2.05) is 37.1 Å². The van der Waals surface area contributed by atoms with Crippen LogP contribution in [0.2, 0.25) is 0 Å². The quantitative estimate of drug-likeness (QED) is 0.00838. The van der Waals surface area contributed by atoms with E-state index < -0.39 is 152 Å². The molecule has 40 heteroatoms. The highest BCUT2D eigenvalue weighted by Gasteiger charge is 2.51. The van der Waals surface area contributed by atoms with E-state index in [0.717, 1.165) is 38.7 Å². The van der Waals surface area contributed by atoms with Crippen LogP contribution in [0.4, 0.5) is 28.9 Å². The molecule has 1 aliphatic heterocycles. The molecular weight excluding hydrogens is 1740 g/mol. The molecule has 0 spiro atoms. The number of nitrogens with one attached hydrogen (secondary N) is 7. The number of anilines is 2. The molecule has 1 aliphatic rings. The van der Waals surface area contributed by atoms with E-state index in [2.05, 4.69) is 98.8 Å². The van der Waals surface area contributed by atoms with Crippen LogP contribution in [-0.4, -0.2) is 195 Å². The Kier molecular flexibility index (Phi) is 32.8. The summed E-state index contributed by atoms with van der Waals surface area (Å²) in [7, 11) is -6.84. The Bertz CT molecular complexity index is 5300. The Morgan fingerprint density at radius 1 is 0.535 bits per heavy atom. The third-order valence-corrected chi connectivity index (χ3v) is 21.0. The number of sulfonamides is 2. The maximum Gasteiger partial charge on any atom is 0.494 e. The lowest BCUT2D eigenvalue weighted by molar-refractivity contribution is 0.00578. The number of nitrogens with zero attached hydrogens (tertiary/aromatic N) is 4. The molecule has 3 amide bonds. The van der Waals surface area contributed by atoms with Crippen LogP contribution in [0, 0.1) is 23.3 Å². The molecule has 0 bridgehead atoms. The van der Waals surface area contributed by atoms with Crippen molar-refractivity contribution in [1.29, 1.82) is 0 Å². The highest BCUT2D eigenvalue weighted by molar-refractivity contribution is 9.11. The molecule has 10 aromatic rings. The van der Waals surface area contributed by atoms with E-state index in [0.29, 0.717) is 44.3 Å². The number of fused-ring (bicyclic) bond motifs is 2. The third kappa shape index (κ3) is 24.6. The largest absolute Gasteiger partial charge is 0.494 e. The molecule has 606 valence electrons. The number of carbonyl (C=O) groups excluding carboxylic acids is 6. The summed E-state index contributed by atoms with van der Waals surface area (Å²) in [5, 5.41) is 73.7. The normalized spacial score (nSPS) is 13.5. The van der Waals surface area contributed by atoms with Gasteiger partial charge in [-0.15, -0.1) is 0 Å². The van der Waals surface area contributed by atoms with Crippen molar-refractivity contribution in [2.75, 3.05) is 54.4 Å². The molecule has 6 aromatic carbocycles. The summed E-state index contributed by atoms with van der Waals surface area (Å²) >= 11 is 9.71. The van der Waals surface area contributed by atoms with Gasteiger partial charge in [-0.25, -0.2) is 49.2 Å². The first-order valence-electron chi connectivity index (χ1n) is 34.1. The van der Waals surface area contributed by atoms with Gasteiger partial charge in [-0.2, -0.15) is 10.2 Å². The Morgan fingerprint density at radius 2 is 0.939 bits per heavy atom. The minimum atomic E-state index is -3.90. The smallest absolute Gasteiger partial charge is 0.465 e. The number of carbonyl (C=O) groups is 6. The number of aliphatic hydroxyl groups is 6. The fourth-order valence-electron chi connectivity index (χ4n) is 10.0. The molecule has 13 N–H and O–H groups in total. The number of ether oxygens (including phenoxy) is 1. The zero-order chi connectivity index (χ0) is 84.2. The van der Waals surface area contributed by atoms with Crippen LogP contribution in [0.5, 0.6) is 0 Å². The molecular formula is C74H77BBr3F4N11O19S2. The van der Waals surface area contributed by atoms with Crippen molar-refractivity contribution in [2.24, 2.45) is 0 Å². The van der Waals surface area contributed by atoms with Crippen LogP contribution in [0.1, 0.15) is 128 Å². The molecule has 1 saturated heterocycles. The van der Waals surface area contributed by atoms with Crippen molar-refractivity contribution in [3.05, 3.63) is 227 Å². The van der Waals surface area contributed by atoms with Crippen LogP contribution in [-0.2, 0) is 34.1 Å². The number of rotatable bonds is 25. The maximum atomic E-state index is 15.2. The number of aliphatic hydroxyl groups excluding tert-OH is 6. The summed E-state index contributed by atoms with van der Waals surface area (Å²) in [5.74, 6) is -9.24. The van der Waals surface area contributed by atoms with Crippen molar-refractivity contribution in [3.8, 4) is 11.1 Å². The summed E-state index contributed by atoms with van der Waals surface area (Å²) in [6.45, 7) is 9.54. The van der Waals surface area contributed by atoms with Gasteiger partial charge in [0.25, 0.3) is 17.7 Å². The first-order chi connectivity index (χ1) is 53.8. The van der Waals surface area contributed by atoms with Crippen molar-refractivity contribution in [3.63, 3.8) is 0 Å². The summed E-state index contributed by atoms with van der Waals surface area (Å²) in [4.78, 5) is 80.5. The van der Waals surface area contributed by atoms with E-state index >= 15 is 4.39 Å². The minimum absolute atomic E-state index is 0.103. The second-order valence-corrected chi connectivity index (χ2v) is 32.0. The number of hydrogen-bond donors (Lipinski definition) is 13. The van der Waals surface area contributed by atoms with Gasteiger partial charge in [0.1, 0.15) is 35.5 Å². The zero-order valence-corrected chi connectivity index (χ0v) is 68.0. The molecule has 0 aliphatic carbocycles. The van der Waals surface area contributed by atoms with Gasteiger partial charge >= 0.3 is 13.1 Å². The van der Waals surface area contributed by atoms with Crippen LogP contribution in [0.25, 0.3) is 33.2 Å². The van der Waals surface area contributed by atoms with Gasteiger partial charge in [-0.05, 0) is 177 Å². The van der Waals surface area contributed by atoms with Gasteiger partial charge in [-0.1, -0.05) is 70.0 Å². The molecule has 0 radical (unpaired) electrons. The number of hydrogen-bond acceptors (Lipinski definition) is 23. The van der Waals surface area contributed by atoms with Crippen LogP contribution < -0.4 is 30.9 Å². The zero-order valence-electron chi connectivity index (χ0n) is 61.6. The Morgan fingerprint density at radius 3 is 1.36 bits per heavy atom. The van der Waals surface area contributed by atoms with Crippen molar-refractivity contribution < 1.29 is 108 Å². The second-order valence-electron chi connectivity index (χ2n) is 25.6. The summed E-state index contributed by atoms with van der Waals surface area (Å²) in [6.07, 6.45) is -0.0595. The van der Waals surface area contributed by atoms with Crippen molar-refractivity contribution >= 4 is 149 Å². The van der Waals surface area contributed by atoms with E-state index in [1.54, 1.807) is 98.8 Å². The number of halogens is 7. The van der Waals surface area contributed by atoms with Gasteiger partial charge in [0.05, 0.1) is 94.6 Å². The molecule has 1 fully saturated rings. The summed E-state index contributed by atoms with van der Waals surface area (Å²) in [5.41, 5.74) is -0.271. The Balaban J connectivity index is 0.000000212. The van der Waals surface area contributed by atoms with Gasteiger partial charge in [-0.3, -0.25) is 43.6 Å². The van der Waals surface area contributed by atoms with Crippen LogP contribution >= 0.6 is 47.8 Å². The molecule has 4 aromatic heterocycles. The number of amides is 3. The first-order valence-corrected chi connectivity index (χ1v) is 39.8. The van der Waals surface area contributed by atoms with E-state index in [-0.39, 0.29) is 63.9 Å². The molecule has 3 unspecified atom stereocenters. The highest BCUT2D eigenvalue weighted by Crippen LogP contribution is 2.37. The number of methoxy groups -OCH3 is 1. The molecule has 30 nitrogen and oxygen atoms in total. The topological polar surface area (TPSA) is 463 Å². The average molecular weight is 1820 g/mol. The minimum Gasteiger partial charge on any atom is -0.465 e. The van der Waals surface area contributed by atoms with Gasteiger partial charge < -0.3 is 60.6 Å². The molecule has 114 heavy (non-hydrogen) atoms. The predicted octanol–water partition coefficient (Wildman–Crippen LogP) is 8.50. The number of aromatic nitrogens is 6. The van der Waals surface area contributed by atoms with Gasteiger partial charge in [0.2, 0.25) is 31.6 Å². The number of aromatic amines is 2. The number of pyridine rings is 2. The SMILES string of the molecule is CC1(C)OB(c2ccc(C(=O)NC(O)CO)cc2)OC1(C)C.CCCS(=O)(=O)Nc1ccc(F)c(C(=O)c2[nH]nc3ncc(-c4ccc(C(=O)NCC(O)CO)cc4)cc23)c1F.CCCS(=O)(=O)Nc1ccc(F)c(C(=O)c2[nH]nc3ncc(Br)cc23)c1F.COC(=O)c1ccc(Br)cc1.O=C(NC(O)CO)c1ccc(Br)cc1. The average Bonchev–Trinajstić information content (AvgIpc) is 1.58. The van der Waals surface area contributed by atoms with E-state index in [4.69, 9.17) is 29.7 Å². The number of H-pyrrole nitrogens is 2. The summed E-state index contributed by atoms with van der Waals surface area (Å²) < 4.78 is 130. The Labute approximate surface area is 675 Å². The third-order valence-electron chi connectivity index (χ3n) is 16.6. The van der Waals surface area contributed by atoms with E-state index in [1.165, 1.54) is 43.8 Å². The van der Waals surface area contributed by atoms with Crippen molar-refractivity contribution in [1.82, 2.24) is 46.3 Å². The predicted molar refractivity (Wildman–Crippen MR) is 424 cm³/mol.